The Morgan fingerprint density at radius 1 is 0.829 bits per heavy atom. The van der Waals surface area contributed by atoms with Gasteiger partial charge >= 0.3 is 6.03 Å². The van der Waals surface area contributed by atoms with E-state index in [-0.39, 0.29) is 5.57 Å². The summed E-state index contributed by atoms with van der Waals surface area (Å²) in [5, 5.41) is 4.59. The smallest absolute Gasteiger partial charge is 0.335 e. The summed E-state index contributed by atoms with van der Waals surface area (Å²) >= 11 is 0. The first-order valence-corrected chi connectivity index (χ1v) is 11.2. The number of imide groups is 2. The SMILES string of the molecule is Cc1ccccc1N1C(=O)NC(=O)/C(=C\c2ccc(OCc3ccc4ccccc4c3)cc2)C1=O. The Hall–Kier alpha value is -4.71. The average Bonchev–Trinajstić information content (AvgIpc) is 2.87. The van der Waals surface area contributed by atoms with Crippen molar-refractivity contribution in [3.05, 3.63) is 113 Å². The fourth-order valence-electron chi connectivity index (χ4n) is 4.01. The highest BCUT2D eigenvalue weighted by Gasteiger charge is 2.37. The summed E-state index contributed by atoms with van der Waals surface area (Å²) in [5.41, 5.74) is 2.77. The Balaban J connectivity index is 1.32. The standard InChI is InChI=1S/C29H22N2O4/c1-19-6-2-5-9-26(19)31-28(33)25(27(32)30-29(31)34)17-20-11-14-24(15-12-20)35-18-21-10-13-22-7-3-4-8-23(22)16-21/h2-17H,18H2,1H3,(H,30,32,34)/b25-17+. The summed E-state index contributed by atoms with van der Waals surface area (Å²) in [6.07, 6.45) is 1.47. The number of barbiturate groups is 1. The molecule has 1 N–H and O–H groups in total. The highest BCUT2D eigenvalue weighted by Crippen LogP contribution is 2.25. The lowest BCUT2D eigenvalue weighted by Gasteiger charge is -2.27. The van der Waals surface area contributed by atoms with Crippen molar-refractivity contribution >= 4 is 40.4 Å². The van der Waals surface area contributed by atoms with E-state index in [1.807, 2.05) is 24.3 Å². The van der Waals surface area contributed by atoms with Crippen molar-refractivity contribution in [1.82, 2.24) is 5.32 Å². The number of para-hydroxylation sites is 1. The number of hydrogen-bond donors (Lipinski definition) is 1. The number of carbonyl (C=O) groups excluding carboxylic acids is 3. The van der Waals surface area contributed by atoms with E-state index in [4.69, 9.17) is 4.74 Å². The van der Waals surface area contributed by atoms with Crippen LogP contribution in [0.4, 0.5) is 10.5 Å². The molecule has 0 radical (unpaired) electrons. The van der Waals surface area contributed by atoms with Crippen LogP contribution in [0.3, 0.4) is 0 Å². The highest BCUT2D eigenvalue weighted by atomic mass is 16.5. The number of benzene rings is 4. The number of nitrogens with zero attached hydrogens (tertiary/aromatic N) is 1. The molecule has 0 spiro atoms. The zero-order chi connectivity index (χ0) is 24.4. The van der Waals surface area contributed by atoms with Gasteiger partial charge < -0.3 is 4.74 Å². The van der Waals surface area contributed by atoms with Crippen molar-refractivity contribution in [3.8, 4) is 5.75 Å². The van der Waals surface area contributed by atoms with Gasteiger partial charge in [0.25, 0.3) is 11.8 Å². The molecule has 1 heterocycles. The monoisotopic (exact) mass is 462 g/mol. The number of ether oxygens (including phenoxy) is 1. The molecule has 1 aliphatic heterocycles. The first kappa shape index (κ1) is 22.1. The number of hydrogen-bond acceptors (Lipinski definition) is 4. The van der Waals surface area contributed by atoms with E-state index in [9.17, 15) is 14.4 Å². The van der Waals surface area contributed by atoms with Crippen LogP contribution in [-0.4, -0.2) is 17.8 Å². The van der Waals surface area contributed by atoms with Gasteiger partial charge in [0.15, 0.2) is 0 Å². The summed E-state index contributed by atoms with van der Waals surface area (Å²) in [6.45, 7) is 2.21. The number of urea groups is 1. The van der Waals surface area contributed by atoms with E-state index >= 15 is 0 Å². The lowest BCUT2D eigenvalue weighted by atomic mass is 10.1. The molecule has 0 unspecified atom stereocenters. The maximum absolute atomic E-state index is 13.1. The molecule has 5 rings (SSSR count). The van der Waals surface area contributed by atoms with E-state index in [0.717, 1.165) is 21.4 Å². The van der Waals surface area contributed by atoms with Gasteiger partial charge in [-0.3, -0.25) is 14.9 Å². The maximum Gasteiger partial charge on any atom is 0.335 e. The topological polar surface area (TPSA) is 75.7 Å². The van der Waals surface area contributed by atoms with Gasteiger partial charge in [0, 0.05) is 0 Å². The summed E-state index contributed by atoms with van der Waals surface area (Å²) < 4.78 is 5.91. The molecule has 35 heavy (non-hydrogen) atoms. The third-order valence-corrected chi connectivity index (χ3v) is 5.87. The summed E-state index contributed by atoms with van der Waals surface area (Å²) in [7, 11) is 0. The third-order valence-electron chi connectivity index (χ3n) is 5.87. The molecular weight excluding hydrogens is 440 g/mol. The average molecular weight is 463 g/mol. The summed E-state index contributed by atoms with van der Waals surface area (Å²) in [5.74, 6) is -0.720. The van der Waals surface area contributed by atoms with Crippen LogP contribution < -0.4 is 15.0 Å². The van der Waals surface area contributed by atoms with Crippen molar-refractivity contribution < 1.29 is 19.1 Å². The number of rotatable bonds is 5. The molecule has 1 fully saturated rings. The van der Waals surface area contributed by atoms with Gasteiger partial charge in [-0.1, -0.05) is 66.7 Å². The quantitative estimate of drug-likeness (QED) is 0.319. The van der Waals surface area contributed by atoms with Gasteiger partial charge in [-0.25, -0.2) is 9.69 Å². The van der Waals surface area contributed by atoms with Crippen molar-refractivity contribution in [2.75, 3.05) is 4.90 Å². The maximum atomic E-state index is 13.1. The second kappa shape index (κ2) is 9.27. The molecule has 0 atom stereocenters. The first-order chi connectivity index (χ1) is 17.0. The lowest BCUT2D eigenvalue weighted by Crippen LogP contribution is -2.54. The molecule has 4 amide bonds. The minimum absolute atomic E-state index is 0.113. The fourth-order valence-corrected chi connectivity index (χ4v) is 4.01. The Kier molecular flexibility index (Phi) is 5.85. The lowest BCUT2D eigenvalue weighted by molar-refractivity contribution is -0.122. The van der Waals surface area contributed by atoms with Crippen LogP contribution in [-0.2, 0) is 16.2 Å². The molecule has 0 aromatic heterocycles. The largest absolute Gasteiger partial charge is 0.489 e. The molecule has 6 nitrogen and oxygen atoms in total. The highest BCUT2D eigenvalue weighted by molar-refractivity contribution is 6.39. The predicted molar refractivity (Wildman–Crippen MR) is 135 cm³/mol. The van der Waals surface area contributed by atoms with Gasteiger partial charge in [-0.05, 0) is 64.7 Å². The second-order valence-corrected chi connectivity index (χ2v) is 8.28. The Morgan fingerprint density at radius 2 is 1.54 bits per heavy atom. The minimum atomic E-state index is -0.760. The van der Waals surface area contributed by atoms with Crippen LogP contribution in [0.2, 0.25) is 0 Å². The van der Waals surface area contributed by atoms with Crippen LogP contribution in [0.15, 0.2) is 96.6 Å². The minimum Gasteiger partial charge on any atom is -0.489 e. The molecule has 4 aromatic rings. The Morgan fingerprint density at radius 3 is 2.31 bits per heavy atom. The number of nitrogens with one attached hydrogen (secondary N) is 1. The zero-order valence-corrected chi connectivity index (χ0v) is 19.0. The van der Waals surface area contributed by atoms with E-state index in [1.54, 1.807) is 49.4 Å². The Labute approximate surface area is 202 Å². The van der Waals surface area contributed by atoms with Gasteiger partial charge in [0.05, 0.1) is 5.69 Å². The molecular formula is C29H22N2O4. The summed E-state index contributed by atoms with van der Waals surface area (Å²) in [4.78, 5) is 38.9. The van der Waals surface area contributed by atoms with Crippen LogP contribution in [0.25, 0.3) is 16.8 Å². The zero-order valence-electron chi connectivity index (χ0n) is 19.0. The molecule has 4 aromatic carbocycles. The normalized spacial score (nSPS) is 14.9. The molecule has 1 aliphatic rings. The molecule has 0 aliphatic carbocycles. The van der Waals surface area contributed by atoms with Crippen molar-refractivity contribution in [2.24, 2.45) is 0 Å². The van der Waals surface area contributed by atoms with E-state index in [0.29, 0.717) is 23.6 Å². The molecule has 1 saturated heterocycles. The van der Waals surface area contributed by atoms with Crippen LogP contribution in [0, 0.1) is 6.92 Å². The van der Waals surface area contributed by atoms with Crippen molar-refractivity contribution in [1.29, 1.82) is 0 Å². The first-order valence-electron chi connectivity index (χ1n) is 11.2. The van der Waals surface area contributed by atoms with Crippen LogP contribution in [0.5, 0.6) is 5.75 Å². The number of carbonyl (C=O) groups is 3. The van der Waals surface area contributed by atoms with Gasteiger partial charge in [-0.2, -0.15) is 0 Å². The summed E-state index contributed by atoms with van der Waals surface area (Å²) in [6, 6.07) is 27.7. The Bertz CT molecular complexity index is 1490. The number of fused-ring (bicyclic) bond motifs is 1. The third kappa shape index (κ3) is 4.54. The van der Waals surface area contributed by atoms with Crippen LogP contribution >= 0.6 is 0 Å². The van der Waals surface area contributed by atoms with E-state index in [2.05, 4.69) is 29.6 Å². The van der Waals surface area contributed by atoms with Gasteiger partial charge in [0.1, 0.15) is 17.9 Å². The van der Waals surface area contributed by atoms with Crippen molar-refractivity contribution in [3.63, 3.8) is 0 Å². The van der Waals surface area contributed by atoms with Gasteiger partial charge in [-0.15, -0.1) is 0 Å². The molecule has 172 valence electrons. The fraction of sp³-hybridized carbons (Fsp3) is 0.0690. The predicted octanol–water partition coefficient (Wildman–Crippen LogP) is 5.39. The van der Waals surface area contributed by atoms with Crippen molar-refractivity contribution in [2.45, 2.75) is 13.5 Å². The molecule has 0 saturated carbocycles. The van der Waals surface area contributed by atoms with Crippen LogP contribution in [0.1, 0.15) is 16.7 Å². The van der Waals surface area contributed by atoms with E-state index < -0.39 is 17.8 Å². The number of aryl methyl sites for hydroxylation is 1. The van der Waals surface area contributed by atoms with E-state index in [1.165, 1.54) is 11.5 Å². The second-order valence-electron chi connectivity index (χ2n) is 8.28. The number of anilines is 1. The number of amides is 4. The molecule has 6 heteroatoms. The molecule has 0 bridgehead atoms. The van der Waals surface area contributed by atoms with Gasteiger partial charge in [0.2, 0.25) is 0 Å².